The predicted molar refractivity (Wildman–Crippen MR) is 98.9 cm³/mol. The first-order chi connectivity index (χ1) is 11.4. The number of amides is 1. The summed E-state index contributed by atoms with van der Waals surface area (Å²) >= 11 is 0. The number of alkyl carbamates (subject to hydrolysis) is 1. The number of carboxylic acids is 2. The van der Waals surface area contributed by atoms with Gasteiger partial charge in [0.15, 0.2) is 0 Å². The molecule has 152 valence electrons. The highest BCUT2D eigenvalue weighted by Crippen LogP contribution is 2.45. The Balaban J connectivity index is 5.99. The number of rotatable bonds is 6. The number of aliphatic carboxylic acids is 2. The van der Waals surface area contributed by atoms with Crippen LogP contribution in [0.3, 0.4) is 0 Å². The van der Waals surface area contributed by atoms with Gasteiger partial charge in [0, 0.05) is 6.42 Å². The average Bonchev–Trinajstić information content (AvgIpc) is 2.30. The van der Waals surface area contributed by atoms with Gasteiger partial charge in [0.25, 0.3) is 0 Å². The van der Waals surface area contributed by atoms with Gasteiger partial charge in [-0.05, 0) is 43.4 Å². The molecule has 0 aromatic heterocycles. The van der Waals surface area contributed by atoms with E-state index in [9.17, 15) is 24.6 Å². The number of hydrogen-bond donors (Lipinski definition) is 3. The lowest BCUT2D eigenvalue weighted by atomic mass is 9.60. The largest absolute Gasteiger partial charge is 0.481 e. The van der Waals surface area contributed by atoms with Crippen LogP contribution in [-0.2, 0) is 14.3 Å². The highest BCUT2D eigenvalue weighted by Gasteiger charge is 2.47. The van der Waals surface area contributed by atoms with Gasteiger partial charge in [-0.25, -0.2) is 9.59 Å². The Labute approximate surface area is 156 Å². The van der Waals surface area contributed by atoms with Crippen LogP contribution in [0.1, 0.15) is 68.7 Å². The molecule has 0 heterocycles. The highest BCUT2D eigenvalue weighted by molar-refractivity contribution is 5.80. The third-order valence-corrected chi connectivity index (χ3v) is 4.24. The quantitative estimate of drug-likeness (QED) is 0.653. The van der Waals surface area contributed by atoms with Crippen LogP contribution in [0.4, 0.5) is 4.79 Å². The maximum Gasteiger partial charge on any atom is 0.408 e. The van der Waals surface area contributed by atoms with E-state index < -0.39 is 52.3 Å². The normalized spacial score (nSPS) is 16.3. The van der Waals surface area contributed by atoms with Gasteiger partial charge >= 0.3 is 18.0 Å². The van der Waals surface area contributed by atoms with Crippen molar-refractivity contribution in [1.29, 1.82) is 0 Å². The van der Waals surface area contributed by atoms with Gasteiger partial charge in [-0.2, -0.15) is 0 Å². The van der Waals surface area contributed by atoms with E-state index in [2.05, 4.69) is 5.32 Å². The summed E-state index contributed by atoms with van der Waals surface area (Å²) < 4.78 is 5.20. The first-order valence-electron chi connectivity index (χ1n) is 8.80. The molecule has 1 amide bonds. The summed E-state index contributed by atoms with van der Waals surface area (Å²) in [6.07, 6.45) is -1.02. The fraction of sp³-hybridized carbons (Fsp3) is 0.842. The van der Waals surface area contributed by atoms with Crippen LogP contribution in [-0.4, -0.2) is 39.9 Å². The number of hydrogen-bond acceptors (Lipinski definition) is 4. The zero-order valence-corrected chi connectivity index (χ0v) is 17.5. The van der Waals surface area contributed by atoms with E-state index >= 15 is 0 Å². The molecule has 0 aliphatic carbocycles. The number of nitrogens with one attached hydrogen (secondary N) is 1. The number of carbonyl (C=O) groups excluding carboxylic acids is 1. The molecule has 3 N–H and O–H groups in total. The van der Waals surface area contributed by atoms with Crippen LogP contribution < -0.4 is 5.32 Å². The molecule has 0 spiro atoms. The molecule has 0 aromatic carbocycles. The van der Waals surface area contributed by atoms with Gasteiger partial charge < -0.3 is 20.3 Å². The van der Waals surface area contributed by atoms with Crippen molar-refractivity contribution in [3.05, 3.63) is 0 Å². The summed E-state index contributed by atoms with van der Waals surface area (Å²) in [7, 11) is 0. The molecular formula is C19H35NO6. The zero-order chi connectivity index (χ0) is 21.1. The molecule has 0 bridgehead atoms. The Hall–Kier alpha value is -1.79. The van der Waals surface area contributed by atoms with E-state index in [-0.39, 0.29) is 6.42 Å². The molecular weight excluding hydrogens is 338 g/mol. The third-order valence-electron chi connectivity index (χ3n) is 4.24. The van der Waals surface area contributed by atoms with Crippen molar-refractivity contribution in [3.8, 4) is 0 Å². The summed E-state index contributed by atoms with van der Waals surface area (Å²) in [6.45, 7) is 16.3. The van der Waals surface area contributed by atoms with E-state index in [1.807, 2.05) is 41.5 Å². The van der Waals surface area contributed by atoms with Crippen molar-refractivity contribution in [2.24, 2.45) is 22.7 Å². The van der Waals surface area contributed by atoms with Crippen molar-refractivity contribution in [2.75, 3.05) is 0 Å². The molecule has 26 heavy (non-hydrogen) atoms. The molecule has 3 unspecified atom stereocenters. The number of carbonyl (C=O) groups is 3. The Bertz CT molecular complexity index is 522. The van der Waals surface area contributed by atoms with Gasteiger partial charge in [0.2, 0.25) is 0 Å². The summed E-state index contributed by atoms with van der Waals surface area (Å²) in [5.41, 5.74) is -1.81. The van der Waals surface area contributed by atoms with Crippen LogP contribution in [0, 0.1) is 22.7 Å². The monoisotopic (exact) mass is 373 g/mol. The average molecular weight is 373 g/mol. The Morgan fingerprint density at radius 1 is 0.885 bits per heavy atom. The second-order valence-electron chi connectivity index (χ2n) is 9.92. The zero-order valence-electron chi connectivity index (χ0n) is 17.5. The van der Waals surface area contributed by atoms with E-state index in [4.69, 9.17) is 4.74 Å². The number of carboxylic acid groups (broad SMARTS) is 2. The Kier molecular flexibility index (Phi) is 7.70. The van der Waals surface area contributed by atoms with Crippen LogP contribution in [0.2, 0.25) is 0 Å². The standard InChI is InChI=1S/C19H35NO6/c1-17(2,3)11(10-12(21)22)13(18(4,5)6)14(15(23)24)20-16(25)26-19(7,8)9/h11,13-14H,10H2,1-9H3,(H,20,25)(H,21,22)(H,23,24). The van der Waals surface area contributed by atoms with Crippen LogP contribution >= 0.6 is 0 Å². The van der Waals surface area contributed by atoms with E-state index in [1.54, 1.807) is 20.8 Å². The highest BCUT2D eigenvalue weighted by atomic mass is 16.6. The molecule has 0 rings (SSSR count). The molecule has 0 saturated carbocycles. The topological polar surface area (TPSA) is 113 Å². The van der Waals surface area contributed by atoms with Crippen molar-refractivity contribution in [1.82, 2.24) is 5.32 Å². The molecule has 0 aromatic rings. The maximum absolute atomic E-state index is 12.2. The SMILES string of the molecule is CC(C)(C)OC(=O)NC(C(=O)O)C(C(CC(=O)O)C(C)(C)C)C(C)(C)C. The third kappa shape index (κ3) is 8.06. The van der Waals surface area contributed by atoms with Crippen molar-refractivity contribution < 1.29 is 29.3 Å². The molecule has 0 aliphatic rings. The molecule has 0 radical (unpaired) electrons. The van der Waals surface area contributed by atoms with E-state index in [0.29, 0.717) is 0 Å². The van der Waals surface area contributed by atoms with Crippen molar-refractivity contribution in [2.45, 2.75) is 80.4 Å². The second kappa shape index (κ2) is 8.27. The molecule has 7 nitrogen and oxygen atoms in total. The van der Waals surface area contributed by atoms with E-state index in [1.165, 1.54) is 0 Å². The van der Waals surface area contributed by atoms with Crippen LogP contribution in [0.15, 0.2) is 0 Å². The first kappa shape index (κ1) is 24.2. The van der Waals surface area contributed by atoms with Gasteiger partial charge in [0.05, 0.1) is 0 Å². The summed E-state index contributed by atoms with van der Waals surface area (Å²) in [5.74, 6) is -3.31. The van der Waals surface area contributed by atoms with Gasteiger partial charge in [-0.15, -0.1) is 0 Å². The molecule has 0 aliphatic heterocycles. The van der Waals surface area contributed by atoms with Gasteiger partial charge in [-0.1, -0.05) is 41.5 Å². The summed E-state index contributed by atoms with van der Waals surface area (Å²) in [5, 5.41) is 21.6. The molecule has 7 heteroatoms. The minimum atomic E-state index is -1.27. The lowest BCUT2D eigenvalue weighted by Gasteiger charge is -2.45. The van der Waals surface area contributed by atoms with Crippen LogP contribution in [0.25, 0.3) is 0 Å². The number of ether oxygens (including phenoxy) is 1. The Morgan fingerprint density at radius 2 is 1.35 bits per heavy atom. The lowest BCUT2D eigenvalue weighted by molar-refractivity contribution is -0.148. The fourth-order valence-electron chi connectivity index (χ4n) is 3.24. The summed E-state index contributed by atoms with van der Waals surface area (Å²) in [4.78, 5) is 35.6. The van der Waals surface area contributed by atoms with Crippen LogP contribution in [0.5, 0.6) is 0 Å². The van der Waals surface area contributed by atoms with Crippen molar-refractivity contribution >= 4 is 18.0 Å². The summed E-state index contributed by atoms with van der Waals surface area (Å²) in [6, 6.07) is -1.27. The Morgan fingerprint density at radius 3 is 1.62 bits per heavy atom. The van der Waals surface area contributed by atoms with Crippen molar-refractivity contribution in [3.63, 3.8) is 0 Å². The molecule has 0 saturated heterocycles. The smallest absolute Gasteiger partial charge is 0.408 e. The lowest BCUT2D eigenvalue weighted by Crippen LogP contribution is -2.55. The minimum Gasteiger partial charge on any atom is -0.481 e. The molecule has 0 fully saturated rings. The predicted octanol–water partition coefficient (Wildman–Crippen LogP) is 3.76. The molecule has 3 atom stereocenters. The minimum absolute atomic E-state index is 0.189. The second-order valence-corrected chi connectivity index (χ2v) is 9.92. The van der Waals surface area contributed by atoms with E-state index in [0.717, 1.165) is 0 Å². The van der Waals surface area contributed by atoms with Gasteiger partial charge in [0.1, 0.15) is 11.6 Å². The fourth-order valence-corrected chi connectivity index (χ4v) is 3.24. The van der Waals surface area contributed by atoms with Gasteiger partial charge in [-0.3, -0.25) is 4.79 Å². The maximum atomic E-state index is 12.2. The first-order valence-corrected chi connectivity index (χ1v) is 8.80.